The summed E-state index contributed by atoms with van der Waals surface area (Å²) in [6.07, 6.45) is 7.45. The number of methoxy groups -OCH3 is 1. The lowest BCUT2D eigenvalue weighted by Gasteiger charge is -2.57. The molecule has 1 heterocycles. The number of rotatable bonds is 3. The monoisotopic (exact) mass is 402 g/mol. The highest BCUT2D eigenvalue weighted by molar-refractivity contribution is 5.79. The molecule has 4 fully saturated rings. The molecule has 4 saturated carbocycles. The molecule has 5 nitrogen and oxygen atoms in total. The Balaban J connectivity index is 1.53. The Morgan fingerprint density at radius 2 is 1.73 bits per heavy atom. The summed E-state index contributed by atoms with van der Waals surface area (Å²) in [5.41, 5.74) is 2.29. The standard InChI is InChI=1S/C25H26N2O3/c1-30-21-10-17(23-26-20-5-3-2-4-18(20)24(29)27-23)9-19(22(21)28)25-11-14-6-15(12-25)8-16(7-14)13-25/h2-5,9-10,14-16,28H,6-8,11-13H2,1H3,(H,26,27,29). The van der Waals surface area contributed by atoms with E-state index in [1.54, 1.807) is 19.2 Å². The Bertz CT molecular complexity index is 1180. The lowest BCUT2D eigenvalue weighted by Crippen LogP contribution is -2.48. The first-order chi connectivity index (χ1) is 14.5. The van der Waals surface area contributed by atoms with E-state index in [-0.39, 0.29) is 16.7 Å². The Morgan fingerprint density at radius 3 is 2.40 bits per heavy atom. The molecule has 0 saturated heterocycles. The fraction of sp³-hybridized carbons (Fsp3) is 0.440. The molecule has 7 rings (SSSR count). The number of aromatic hydroxyl groups is 1. The number of ether oxygens (including phenoxy) is 1. The van der Waals surface area contributed by atoms with Crippen LogP contribution in [0.2, 0.25) is 0 Å². The van der Waals surface area contributed by atoms with Crippen LogP contribution in [-0.4, -0.2) is 22.2 Å². The number of hydrogen-bond donors (Lipinski definition) is 2. The molecular weight excluding hydrogens is 376 g/mol. The average Bonchev–Trinajstić information content (AvgIpc) is 2.73. The van der Waals surface area contributed by atoms with Crippen molar-refractivity contribution in [1.29, 1.82) is 0 Å². The summed E-state index contributed by atoms with van der Waals surface area (Å²) in [7, 11) is 1.58. The fourth-order valence-electron chi connectivity index (χ4n) is 6.97. The van der Waals surface area contributed by atoms with E-state index in [1.807, 2.05) is 18.2 Å². The molecule has 4 aliphatic rings. The van der Waals surface area contributed by atoms with Gasteiger partial charge in [0, 0.05) is 11.1 Å². The molecule has 3 aromatic rings. The second-order valence-corrected chi connectivity index (χ2v) is 9.70. The van der Waals surface area contributed by atoms with Crippen molar-refractivity contribution in [3.63, 3.8) is 0 Å². The molecule has 154 valence electrons. The molecule has 2 aromatic carbocycles. The molecule has 0 amide bonds. The summed E-state index contributed by atoms with van der Waals surface area (Å²) >= 11 is 0. The van der Waals surface area contributed by atoms with Crippen LogP contribution in [0.1, 0.15) is 44.1 Å². The molecule has 1 aromatic heterocycles. The Morgan fingerprint density at radius 1 is 1.07 bits per heavy atom. The Labute approximate surface area is 175 Å². The average molecular weight is 402 g/mol. The summed E-state index contributed by atoms with van der Waals surface area (Å²) in [4.78, 5) is 20.3. The first-order valence-electron chi connectivity index (χ1n) is 11.0. The maximum absolute atomic E-state index is 12.6. The highest BCUT2D eigenvalue weighted by Gasteiger charge is 2.52. The molecule has 2 N–H and O–H groups in total. The smallest absolute Gasteiger partial charge is 0.259 e. The van der Waals surface area contributed by atoms with E-state index in [2.05, 4.69) is 11.1 Å². The van der Waals surface area contributed by atoms with E-state index in [0.29, 0.717) is 22.5 Å². The molecule has 0 atom stereocenters. The number of H-pyrrole nitrogens is 1. The van der Waals surface area contributed by atoms with Crippen LogP contribution in [0.15, 0.2) is 41.2 Å². The van der Waals surface area contributed by atoms with E-state index >= 15 is 0 Å². The maximum atomic E-state index is 12.6. The predicted molar refractivity (Wildman–Crippen MR) is 116 cm³/mol. The van der Waals surface area contributed by atoms with E-state index in [1.165, 1.54) is 19.3 Å². The van der Waals surface area contributed by atoms with Gasteiger partial charge in [-0.15, -0.1) is 0 Å². The van der Waals surface area contributed by atoms with E-state index in [9.17, 15) is 9.90 Å². The van der Waals surface area contributed by atoms with Gasteiger partial charge in [0.15, 0.2) is 11.5 Å². The van der Waals surface area contributed by atoms with Crippen molar-refractivity contribution >= 4 is 10.9 Å². The number of benzene rings is 2. The number of fused-ring (bicyclic) bond motifs is 1. The molecule has 4 aliphatic carbocycles. The third-order valence-electron chi connectivity index (χ3n) is 7.79. The van der Waals surface area contributed by atoms with Crippen molar-refractivity contribution < 1.29 is 9.84 Å². The van der Waals surface area contributed by atoms with Gasteiger partial charge < -0.3 is 14.8 Å². The molecule has 0 spiro atoms. The van der Waals surface area contributed by atoms with Gasteiger partial charge in [0.25, 0.3) is 5.56 Å². The van der Waals surface area contributed by atoms with E-state index in [0.717, 1.165) is 48.1 Å². The van der Waals surface area contributed by atoms with Crippen LogP contribution in [0.25, 0.3) is 22.3 Å². The van der Waals surface area contributed by atoms with Crippen LogP contribution in [0, 0.1) is 17.8 Å². The maximum Gasteiger partial charge on any atom is 0.259 e. The van der Waals surface area contributed by atoms with Gasteiger partial charge in [0.2, 0.25) is 0 Å². The quantitative estimate of drug-likeness (QED) is 0.662. The minimum atomic E-state index is -0.154. The number of nitrogens with one attached hydrogen (secondary N) is 1. The molecule has 4 bridgehead atoms. The summed E-state index contributed by atoms with van der Waals surface area (Å²) in [5.74, 6) is 3.53. The van der Waals surface area contributed by atoms with E-state index in [4.69, 9.17) is 9.72 Å². The van der Waals surface area contributed by atoms with Crippen LogP contribution < -0.4 is 10.3 Å². The van der Waals surface area contributed by atoms with Gasteiger partial charge in [-0.05, 0) is 86.0 Å². The Hall–Kier alpha value is -2.82. The third kappa shape index (κ3) is 2.60. The summed E-state index contributed by atoms with van der Waals surface area (Å²) in [5, 5.41) is 11.7. The molecule has 5 heteroatoms. The topological polar surface area (TPSA) is 75.2 Å². The summed E-state index contributed by atoms with van der Waals surface area (Å²) in [6.45, 7) is 0. The van der Waals surface area contributed by atoms with Crippen molar-refractivity contribution in [3.05, 3.63) is 52.3 Å². The summed E-state index contributed by atoms with van der Waals surface area (Å²) in [6, 6.07) is 11.2. The molecule has 0 unspecified atom stereocenters. The van der Waals surface area contributed by atoms with Gasteiger partial charge in [0.05, 0.1) is 18.0 Å². The van der Waals surface area contributed by atoms with Crippen LogP contribution in [0.3, 0.4) is 0 Å². The molecule has 30 heavy (non-hydrogen) atoms. The van der Waals surface area contributed by atoms with Gasteiger partial charge >= 0.3 is 0 Å². The lowest BCUT2D eigenvalue weighted by atomic mass is 9.48. The number of aromatic amines is 1. The normalized spacial score (nSPS) is 29.4. The van der Waals surface area contributed by atoms with Crippen molar-refractivity contribution in [3.8, 4) is 22.9 Å². The van der Waals surface area contributed by atoms with Gasteiger partial charge in [-0.3, -0.25) is 4.79 Å². The largest absolute Gasteiger partial charge is 0.504 e. The second-order valence-electron chi connectivity index (χ2n) is 9.70. The van der Waals surface area contributed by atoms with Crippen LogP contribution >= 0.6 is 0 Å². The van der Waals surface area contributed by atoms with Crippen molar-refractivity contribution in [2.75, 3.05) is 7.11 Å². The van der Waals surface area contributed by atoms with Crippen LogP contribution in [0.5, 0.6) is 11.5 Å². The number of aromatic nitrogens is 2. The SMILES string of the molecule is COc1cc(-c2nc3ccccc3c(=O)[nH]2)cc(C23CC4CC(CC(C4)C2)C3)c1O. The number of hydrogen-bond acceptors (Lipinski definition) is 4. The van der Waals surface area contributed by atoms with Gasteiger partial charge in [0.1, 0.15) is 5.82 Å². The lowest BCUT2D eigenvalue weighted by molar-refractivity contribution is -0.00624. The molecule has 0 aliphatic heterocycles. The van der Waals surface area contributed by atoms with Gasteiger partial charge in [-0.1, -0.05) is 12.1 Å². The minimum absolute atomic E-state index is 0.0132. The van der Waals surface area contributed by atoms with Gasteiger partial charge in [-0.25, -0.2) is 4.98 Å². The van der Waals surface area contributed by atoms with Gasteiger partial charge in [-0.2, -0.15) is 0 Å². The highest BCUT2D eigenvalue weighted by Crippen LogP contribution is 2.62. The zero-order valence-electron chi connectivity index (χ0n) is 17.1. The van der Waals surface area contributed by atoms with Crippen molar-refractivity contribution in [2.45, 2.75) is 43.9 Å². The van der Waals surface area contributed by atoms with E-state index < -0.39 is 0 Å². The zero-order valence-corrected chi connectivity index (χ0v) is 17.1. The van der Waals surface area contributed by atoms with Crippen LogP contribution in [-0.2, 0) is 5.41 Å². The fourth-order valence-corrected chi connectivity index (χ4v) is 6.97. The van der Waals surface area contributed by atoms with Crippen LogP contribution in [0.4, 0.5) is 0 Å². The van der Waals surface area contributed by atoms with Crippen molar-refractivity contribution in [2.24, 2.45) is 17.8 Å². The number of nitrogens with zero attached hydrogens (tertiary/aromatic N) is 1. The first kappa shape index (κ1) is 18.0. The third-order valence-corrected chi connectivity index (χ3v) is 7.79. The predicted octanol–water partition coefficient (Wildman–Crippen LogP) is 4.77. The first-order valence-corrected chi connectivity index (χ1v) is 11.0. The number of phenolic OH excluding ortho intramolecular Hbond substituents is 1. The molecule has 0 radical (unpaired) electrons. The highest BCUT2D eigenvalue weighted by atomic mass is 16.5. The Kier molecular flexibility index (Phi) is 3.80. The summed E-state index contributed by atoms with van der Waals surface area (Å²) < 4.78 is 5.56. The zero-order chi connectivity index (χ0) is 20.5. The second kappa shape index (κ2) is 6.34. The minimum Gasteiger partial charge on any atom is -0.504 e. The number of para-hydroxylation sites is 1. The van der Waals surface area contributed by atoms with Crippen molar-refractivity contribution in [1.82, 2.24) is 9.97 Å². The molecular formula is C25H26N2O3. The number of phenols is 1.